The molecule has 2 heterocycles. The molecule has 0 aliphatic heterocycles. The number of thiophene rings is 1. The Balaban J connectivity index is 2.15. The highest BCUT2D eigenvalue weighted by molar-refractivity contribution is 7.12. The molecule has 2 rings (SSSR count). The molecule has 0 aliphatic carbocycles. The van der Waals surface area contributed by atoms with Gasteiger partial charge >= 0.3 is 0 Å². The number of anilines is 1. The van der Waals surface area contributed by atoms with Crippen molar-refractivity contribution in [1.82, 2.24) is 4.98 Å². The summed E-state index contributed by atoms with van der Waals surface area (Å²) in [6.45, 7) is 3.92. The zero-order valence-electron chi connectivity index (χ0n) is 9.50. The quantitative estimate of drug-likeness (QED) is 0.898. The van der Waals surface area contributed by atoms with Crippen LogP contribution in [0.1, 0.15) is 22.7 Å². The Bertz CT molecular complexity index is 525. The van der Waals surface area contributed by atoms with Crippen molar-refractivity contribution in [3.8, 4) is 0 Å². The normalized spacial score (nSPS) is 12.5. The minimum absolute atomic E-state index is 0.0545. The van der Waals surface area contributed by atoms with Crippen molar-refractivity contribution in [2.45, 2.75) is 19.9 Å². The third kappa shape index (κ3) is 2.79. The van der Waals surface area contributed by atoms with E-state index in [1.54, 1.807) is 11.3 Å². The molecule has 0 fully saturated rings. The van der Waals surface area contributed by atoms with Crippen LogP contribution in [0.4, 0.5) is 14.6 Å². The molecule has 90 valence electrons. The van der Waals surface area contributed by atoms with Crippen LogP contribution in [0.25, 0.3) is 0 Å². The highest BCUT2D eigenvalue weighted by atomic mass is 32.1. The van der Waals surface area contributed by atoms with Gasteiger partial charge in [-0.2, -0.15) is 0 Å². The largest absolute Gasteiger partial charge is 0.360 e. The summed E-state index contributed by atoms with van der Waals surface area (Å²) in [4.78, 5) is 5.98. The van der Waals surface area contributed by atoms with E-state index in [1.165, 1.54) is 4.88 Å². The summed E-state index contributed by atoms with van der Waals surface area (Å²) >= 11 is 1.64. The summed E-state index contributed by atoms with van der Waals surface area (Å²) < 4.78 is 26.1. The summed E-state index contributed by atoms with van der Waals surface area (Å²) in [5.41, 5.74) is 0. The van der Waals surface area contributed by atoms with Crippen LogP contribution in [0.5, 0.6) is 0 Å². The van der Waals surface area contributed by atoms with Gasteiger partial charge in [0.05, 0.1) is 12.2 Å². The average Bonchev–Trinajstić information content (AvgIpc) is 2.69. The molecule has 1 atom stereocenters. The van der Waals surface area contributed by atoms with Crippen molar-refractivity contribution in [1.29, 1.82) is 0 Å². The molecule has 0 aliphatic rings. The lowest BCUT2D eigenvalue weighted by Gasteiger charge is -2.13. The Hall–Kier alpha value is -1.49. The van der Waals surface area contributed by atoms with Crippen LogP contribution in [0.2, 0.25) is 0 Å². The molecule has 0 bridgehead atoms. The first-order valence-corrected chi connectivity index (χ1v) is 6.02. The first kappa shape index (κ1) is 12.0. The molecule has 1 unspecified atom stereocenters. The van der Waals surface area contributed by atoms with E-state index in [-0.39, 0.29) is 11.9 Å². The standard InChI is InChI=1S/C12H12F2N2S/c1-7-3-4-11(17-7)8(2)16-12-10(14)5-9(13)6-15-12/h3-6,8H,1-2H3,(H,15,16). The topological polar surface area (TPSA) is 24.9 Å². The van der Waals surface area contributed by atoms with Gasteiger partial charge < -0.3 is 5.32 Å². The molecular weight excluding hydrogens is 242 g/mol. The SMILES string of the molecule is Cc1ccc(C(C)Nc2ncc(F)cc2F)s1. The van der Waals surface area contributed by atoms with E-state index in [4.69, 9.17) is 0 Å². The lowest BCUT2D eigenvalue weighted by Crippen LogP contribution is -2.08. The zero-order valence-corrected chi connectivity index (χ0v) is 10.3. The van der Waals surface area contributed by atoms with Crippen molar-refractivity contribution in [3.05, 3.63) is 45.8 Å². The number of rotatable bonds is 3. The third-order valence-corrected chi connectivity index (χ3v) is 3.53. The minimum atomic E-state index is -0.676. The molecule has 5 heteroatoms. The number of hydrogen-bond acceptors (Lipinski definition) is 3. The summed E-state index contributed by atoms with van der Waals surface area (Å²) in [5, 5.41) is 2.92. The van der Waals surface area contributed by atoms with Crippen LogP contribution in [0.3, 0.4) is 0 Å². The smallest absolute Gasteiger partial charge is 0.168 e. The fraction of sp³-hybridized carbons (Fsp3) is 0.250. The van der Waals surface area contributed by atoms with Crippen molar-refractivity contribution < 1.29 is 8.78 Å². The Kier molecular flexibility index (Phi) is 3.38. The molecule has 0 saturated heterocycles. The Morgan fingerprint density at radius 2 is 2.12 bits per heavy atom. The van der Waals surface area contributed by atoms with E-state index in [0.29, 0.717) is 0 Å². The van der Waals surface area contributed by atoms with Gasteiger partial charge in [-0.25, -0.2) is 13.8 Å². The van der Waals surface area contributed by atoms with Gasteiger partial charge in [-0.15, -0.1) is 11.3 Å². The minimum Gasteiger partial charge on any atom is -0.360 e. The number of aryl methyl sites for hydroxylation is 1. The molecule has 2 aromatic heterocycles. The van der Waals surface area contributed by atoms with Crippen LogP contribution in [0, 0.1) is 18.6 Å². The monoisotopic (exact) mass is 254 g/mol. The number of nitrogens with zero attached hydrogens (tertiary/aromatic N) is 1. The van der Waals surface area contributed by atoms with Crippen LogP contribution in [0.15, 0.2) is 24.4 Å². The van der Waals surface area contributed by atoms with Gasteiger partial charge in [-0.3, -0.25) is 0 Å². The second-order valence-corrected chi connectivity index (χ2v) is 5.12. The van der Waals surface area contributed by atoms with Gasteiger partial charge in [0.2, 0.25) is 0 Å². The fourth-order valence-corrected chi connectivity index (χ4v) is 2.36. The van der Waals surface area contributed by atoms with Crippen LogP contribution < -0.4 is 5.32 Å². The van der Waals surface area contributed by atoms with Gasteiger partial charge in [0.1, 0.15) is 5.82 Å². The second-order valence-electron chi connectivity index (χ2n) is 3.80. The maximum absolute atomic E-state index is 13.4. The summed E-state index contributed by atoms with van der Waals surface area (Å²) in [6.07, 6.45) is 0.998. The van der Waals surface area contributed by atoms with Crippen molar-refractivity contribution in [2.24, 2.45) is 0 Å². The molecule has 0 amide bonds. The van der Waals surface area contributed by atoms with Gasteiger partial charge in [0, 0.05) is 15.8 Å². The molecular formula is C12H12F2N2S. The van der Waals surface area contributed by atoms with Crippen LogP contribution >= 0.6 is 11.3 Å². The molecule has 2 aromatic rings. The third-order valence-electron chi connectivity index (χ3n) is 2.35. The lowest BCUT2D eigenvalue weighted by molar-refractivity contribution is 0.574. The lowest BCUT2D eigenvalue weighted by atomic mass is 10.2. The van der Waals surface area contributed by atoms with Gasteiger partial charge in [0.25, 0.3) is 0 Å². The molecule has 17 heavy (non-hydrogen) atoms. The van der Waals surface area contributed by atoms with Gasteiger partial charge in [0.15, 0.2) is 11.6 Å². The molecule has 0 radical (unpaired) electrons. The van der Waals surface area contributed by atoms with Gasteiger partial charge in [-0.1, -0.05) is 0 Å². The number of pyridine rings is 1. The van der Waals surface area contributed by atoms with Crippen LogP contribution in [-0.4, -0.2) is 4.98 Å². The molecule has 0 aromatic carbocycles. The second kappa shape index (κ2) is 4.79. The first-order chi connectivity index (χ1) is 8.06. The molecule has 0 spiro atoms. The predicted molar refractivity (Wildman–Crippen MR) is 65.2 cm³/mol. The fourth-order valence-electron chi connectivity index (χ4n) is 1.48. The Labute approximate surface area is 102 Å². The highest BCUT2D eigenvalue weighted by Crippen LogP contribution is 2.25. The number of nitrogens with one attached hydrogen (secondary N) is 1. The maximum Gasteiger partial charge on any atom is 0.168 e. The summed E-state index contributed by atoms with van der Waals surface area (Å²) in [5.74, 6) is -1.28. The molecule has 1 N–H and O–H groups in total. The van der Waals surface area contributed by atoms with Crippen LogP contribution in [-0.2, 0) is 0 Å². The van der Waals surface area contributed by atoms with E-state index in [0.717, 1.165) is 17.1 Å². The van der Waals surface area contributed by atoms with E-state index in [1.807, 2.05) is 26.0 Å². The number of hydrogen-bond donors (Lipinski definition) is 1. The van der Waals surface area contributed by atoms with E-state index >= 15 is 0 Å². The predicted octanol–water partition coefficient (Wildman–Crippen LogP) is 3.90. The number of halogens is 2. The van der Waals surface area contributed by atoms with E-state index in [2.05, 4.69) is 10.3 Å². The average molecular weight is 254 g/mol. The Morgan fingerprint density at radius 1 is 1.35 bits per heavy atom. The number of aromatic nitrogens is 1. The first-order valence-electron chi connectivity index (χ1n) is 5.20. The Morgan fingerprint density at radius 3 is 2.71 bits per heavy atom. The highest BCUT2D eigenvalue weighted by Gasteiger charge is 2.11. The van der Waals surface area contributed by atoms with Crippen molar-refractivity contribution >= 4 is 17.2 Å². The van der Waals surface area contributed by atoms with E-state index < -0.39 is 11.6 Å². The van der Waals surface area contributed by atoms with E-state index in [9.17, 15) is 8.78 Å². The van der Waals surface area contributed by atoms with Gasteiger partial charge in [-0.05, 0) is 26.0 Å². The maximum atomic E-state index is 13.4. The zero-order chi connectivity index (χ0) is 12.4. The summed E-state index contributed by atoms with van der Waals surface area (Å²) in [7, 11) is 0. The van der Waals surface area contributed by atoms with Crippen molar-refractivity contribution in [2.75, 3.05) is 5.32 Å². The molecule has 0 saturated carbocycles. The molecule has 2 nitrogen and oxygen atoms in total. The summed E-state index contributed by atoms with van der Waals surface area (Å²) in [6, 6.07) is 4.76. The van der Waals surface area contributed by atoms with Crippen molar-refractivity contribution in [3.63, 3.8) is 0 Å².